The van der Waals surface area contributed by atoms with Gasteiger partial charge in [-0.15, -0.1) is 21.5 Å². The highest BCUT2D eigenvalue weighted by Gasteiger charge is 2.11. The van der Waals surface area contributed by atoms with Crippen LogP contribution in [0.15, 0.2) is 59.3 Å². The molecule has 2 aromatic heterocycles. The molecule has 4 aromatic rings. The predicted octanol–water partition coefficient (Wildman–Crippen LogP) is 5.61. The maximum atomic E-state index is 4.78. The largest absolute Gasteiger partial charge is 0.276 e. The van der Waals surface area contributed by atoms with E-state index in [0.717, 1.165) is 27.3 Å². The first kappa shape index (κ1) is 17.9. The van der Waals surface area contributed by atoms with Crippen molar-refractivity contribution >= 4 is 23.1 Å². The van der Waals surface area contributed by atoms with Gasteiger partial charge in [0, 0.05) is 16.7 Å². The molecule has 0 N–H and O–H groups in total. The second-order valence-corrected chi connectivity index (χ2v) is 8.37. The van der Waals surface area contributed by atoms with Crippen molar-refractivity contribution in [1.82, 2.24) is 19.7 Å². The van der Waals surface area contributed by atoms with Crippen molar-refractivity contribution in [3.63, 3.8) is 0 Å². The van der Waals surface area contributed by atoms with Gasteiger partial charge in [0.05, 0.1) is 11.4 Å². The fourth-order valence-electron chi connectivity index (χ4n) is 2.90. The van der Waals surface area contributed by atoms with Crippen LogP contribution in [-0.4, -0.2) is 19.7 Å². The summed E-state index contributed by atoms with van der Waals surface area (Å²) in [5, 5.41) is 12.5. The number of hydrogen-bond acceptors (Lipinski definition) is 5. The fourth-order valence-corrected chi connectivity index (χ4v) is 4.65. The summed E-state index contributed by atoms with van der Waals surface area (Å²) in [6.45, 7) is 6.32. The van der Waals surface area contributed by atoms with Gasteiger partial charge in [-0.25, -0.2) is 4.98 Å². The SMILES string of the molecule is Cc1ccc(-c2nc(CSc3nncn3-c3ccc(C)cc3C)cs2)cc1. The Hall–Kier alpha value is -2.44. The Bertz CT molecular complexity index is 1060. The molecule has 136 valence electrons. The number of benzene rings is 2. The molecule has 0 bridgehead atoms. The average molecular weight is 393 g/mol. The van der Waals surface area contributed by atoms with Crippen LogP contribution >= 0.6 is 23.1 Å². The number of aryl methyl sites for hydroxylation is 3. The van der Waals surface area contributed by atoms with Crippen molar-refractivity contribution in [2.75, 3.05) is 0 Å². The normalized spacial score (nSPS) is 11.1. The van der Waals surface area contributed by atoms with Gasteiger partial charge in [-0.3, -0.25) is 4.57 Å². The van der Waals surface area contributed by atoms with Crippen molar-refractivity contribution < 1.29 is 0 Å². The molecule has 4 rings (SSSR count). The molecular weight excluding hydrogens is 372 g/mol. The maximum Gasteiger partial charge on any atom is 0.196 e. The smallest absolute Gasteiger partial charge is 0.196 e. The maximum absolute atomic E-state index is 4.78. The summed E-state index contributed by atoms with van der Waals surface area (Å²) in [7, 11) is 0. The Labute approximate surface area is 167 Å². The van der Waals surface area contributed by atoms with Gasteiger partial charge in [0.2, 0.25) is 0 Å². The van der Waals surface area contributed by atoms with E-state index < -0.39 is 0 Å². The van der Waals surface area contributed by atoms with Gasteiger partial charge < -0.3 is 0 Å². The Morgan fingerprint density at radius 1 is 1.00 bits per heavy atom. The molecule has 0 aliphatic carbocycles. The molecular formula is C21H20N4S2. The van der Waals surface area contributed by atoms with Gasteiger partial charge in [0.25, 0.3) is 0 Å². The van der Waals surface area contributed by atoms with E-state index >= 15 is 0 Å². The highest BCUT2D eigenvalue weighted by Crippen LogP contribution is 2.29. The Kier molecular flexibility index (Phi) is 5.09. The minimum absolute atomic E-state index is 0.770. The first-order valence-electron chi connectivity index (χ1n) is 8.72. The molecule has 27 heavy (non-hydrogen) atoms. The number of nitrogens with zero attached hydrogens (tertiary/aromatic N) is 4. The molecule has 0 aliphatic rings. The Balaban J connectivity index is 1.50. The summed E-state index contributed by atoms with van der Waals surface area (Å²) >= 11 is 3.34. The third kappa shape index (κ3) is 3.96. The van der Waals surface area contributed by atoms with Crippen LogP contribution in [0.4, 0.5) is 0 Å². The van der Waals surface area contributed by atoms with Crippen molar-refractivity contribution in [3.8, 4) is 16.3 Å². The minimum Gasteiger partial charge on any atom is -0.276 e. The van der Waals surface area contributed by atoms with Crippen LogP contribution in [-0.2, 0) is 5.75 Å². The highest BCUT2D eigenvalue weighted by atomic mass is 32.2. The molecule has 4 nitrogen and oxygen atoms in total. The zero-order chi connectivity index (χ0) is 18.8. The van der Waals surface area contributed by atoms with E-state index in [2.05, 4.69) is 78.8 Å². The summed E-state index contributed by atoms with van der Waals surface area (Å²) in [4.78, 5) is 4.78. The number of hydrogen-bond donors (Lipinski definition) is 0. The van der Waals surface area contributed by atoms with Gasteiger partial charge >= 0.3 is 0 Å². The van der Waals surface area contributed by atoms with Crippen LogP contribution < -0.4 is 0 Å². The van der Waals surface area contributed by atoms with Crippen LogP contribution in [0.2, 0.25) is 0 Å². The monoisotopic (exact) mass is 392 g/mol. The molecule has 0 unspecified atom stereocenters. The van der Waals surface area contributed by atoms with Gasteiger partial charge in [0.1, 0.15) is 11.3 Å². The third-order valence-corrected chi connectivity index (χ3v) is 6.24. The minimum atomic E-state index is 0.770. The van der Waals surface area contributed by atoms with Crippen LogP contribution in [0.3, 0.4) is 0 Å². The lowest BCUT2D eigenvalue weighted by molar-refractivity contribution is 0.877. The molecule has 0 amide bonds. The van der Waals surface area contributed by atoms with E-state index in [-0.39, 0.29) is 0 Å². The van der Waals surface area contributed by atoms with Crippen LogP contribution in [0, 0.1) is 20.8 Å². The lowest BCUT2D eigenvalue weighted by Crippen LogP contribution is -1.98. The zero-order valence-corrected chi connectivity index (χ0v) is 17.1. The second kappa shape index (κ2) is 7.66. The van der Waals surface area contributed by atoms with E-state index in [4.69, 9.17) is 4.98 Å². The van der Waals surface area contributed by atoms with Gasteiger partial charge in [0.15, 0.2) is 5.16 Å². The van der Waals surface area contributed by atoms with E-state index in [1.807, 2.05) is 4.57 Å². The molecule has 0 saturated heterocycles. The Morgan fingerprint density at radius 2 is 1.78 bits per heavy atom. The first-order chi connectivity index (χ1) is 13.1. The molecule has 2 aromatic carbocycles. The van der Waals surface area contributed by atoms with Crippen LogP contribution in [0.5, 0.6) is 0 Å². The number of thioether (sulfide) groups is 1. The van der Waals surface area contributed by atoms with E-state index in [1.54, 1.807) is 29.4 Å². The van der Waals surface area contributed by atoms with Crippen molar-refractivity contribution in [2.24, 2.45) is 0 Å². The zero-order valence-electron chi connectivity index (χ0n) is 15.5. The van der Waals surface area contributed by atoms with Gasteiger partial charge in [-0.05, 0) is 32.4 Å². The average Bonchev–Trinajstić information content (AvgIpc) is 3.30. The number of aromatic nitrogens is 4. The molecule has 0 atom stereocenters. The van der Waals surface area contributed by atoms with E-state index in [9.17, 15) is 0 Å². The van der Waals surface area contributed by atoms with Crippen molar-refractivity contribution in [2.45, 2.75) is 31.7 Å². The summed E-state index contributed by atoms with van der Waals surface area (Å²) in [6, 6.07) is 14.9. The molecule has 0 fully saturated rings. The van der Waals surface area contributed by atoms with Crippen LogP contribution in [0.1, 0.15) is 22.4 Å². The third-order valence-electron chi connectivity index (χ3n) is 4.33. The topological polar surface area (TPSA) is 43.6 Å². The van der Waals surface area contributed by atoms with E-state index in [0.29, 0.717) is 0 Å². The molecule has 0 aliphatic heterocycles. The summed E-state index contributed by atoms with van der Waals surface area (Å²) in [6.07, 6.45) is 1.78. The Morgan fingerprint density at radius 3 is 2.56 bits per heavy atom. The van der Waals surface area contributed by atoms with Crippen molar-refractivity contribution in [1.29, 1.82) is 0 Å². The predicted molar refractivity (Wildman–Crippen MR) is 113 cm³/mol. The molecule has 6 heteroatoms. The number of rotatable bonds is 5. The lowest BCUT2D eigenvalue weighted by Gasteiger charge is -2.09. The highest BCUT2D eigenvalue weighted by molar-refractivity contribution is 7.98. The molecule has 0 spiro atoms. The second-order valence-electron chi connectivity index (χ2n) is 6.57. The fraction of sp³-hybridized carbons (Fsp3) is 0.190. The molecule has 0 radical (unpaired) electrons. The summed E-state index contributed by atoms with van der Waals surface area (Å²) in [5.41, 5.74) is 7.08. The van der Waals surface area contributed by atoms with E-state index in [1.165, 1.54) is 22.3 Å². The molecule has 2 heterocycles. The van der Waals surface area contributed by atoms with Gasteiger partial charge in [-0.2, -0.15) is 0 Å². The molecule has 0 saturated carbocycles. The summed E-state index contributed by atoms with van der Waals surface area (Å²) < 4.78 is 2.05. The first-order valence-corrected chi connectivity index (χ1v) is 10.6. The lowest BCUT2D eigenvalue weighted by atomic mass is 10.1. The summed E-state index contributed by atoms with van der Waals surface area (Å²) in [5.74, 6) is 0.770. The quantitative estimate of drug-likeness (QED) is 0.414. The standard InChI is InChI=1S/C21H20N4S2/c1-14-4-7-17(8-5-14)20-23-18(11-26-20)12-27-21-24-22-13-25(21)19-9-6-15(2)10-16(19)3/h4-11,13H,12H2,1-3H3. The van der Waals surface area contributed by atoms with Crippen molar-refractivity contribution in [3.05, 3.63) is 76.6 Å². The van der Waals surface area contributed by atoms with Gasteiger partial charge in [-0.1, -0.05) is 59.3 Å². The number of thiazole rings is 1. The van der Waals surface area contributed by atoms with Crippen LogP contribution in [0.25, 0.3) is 16.3 Å².